The van der Waals surface area contributed by atoms with E-state index in [1.165, 1.54) is 24.3 Å². The monoisotopic (exact) mass is 520 g/mol. The fourth-order valence-corrected chi connectivity index (χ4v) is 8.11. The van der Waals surface area contributed by atoms with Crippen molar-refractivity contribution in [3.8, 4) is 11.1 Å². The number of rotatable bonds is 0. The Morgan fingerprint density at radius 2 is 0.842 bits per heavy atom. The molecule has 0 aromatic heterocycles. The van der Waals surface area contributed by atoms with Gasteiger partial charge in [-0.3, -0.25) is 0 Å². The summed E-state index contributed by atoms with van der Waals surface area (Å²) in [5, 5.41) is 0. The zero-order valence-electron chi connectivity index (χ0n) is 19.1. The molecule has 9 heteroatoms. The van der Waals surface area contributed by atoms with Crippen molar-refractivity contribution in [2.45, 2.75) is 15.2 Å². The van der Waals surface area contributed by atoms with Gasteiger partial charge in [-0.25, -0.2) is 27.6 Å². The summed E-state index contributed by atoms with van der Waals surface area (Å²) >= 11 is 0. The smallest absolute Gasteiger partial charge is 0.346 e. The van der Waals surface area contributed by atoms with Crippen molar-refractivity contribution in [2.24, 2.45) is 0 Å². The third-order valence-corrected chi connectivity index (χ3v) is 9.70. The Labute approximate surface area is 214 Å². The van der Waals surface area contributed by atoms with Crippen LogP contribution in [0.3, 0.4) is 0 Å². The highest BCUT2D eigenvalue weighted by Gasteiger charge is 2.55. The highest BCUT2D eigenvalue weighted by Crippen LogP contribution is 2.61. The average Bonchev–Trinajstić information content (AvgIpc) is 3.47. The molecule has 0 saturated heterocycles. The van der Waals surface area contributed by atoms with E-state index in [1.807, 2.05) is 0 Å². The van der Waals surface area contributed by atoms with Crippen LogP contribution < -0.4 is 0 Å². The lowest BCUT2D eigenvalue weighted by Gasteiger charge is -2.39. The van der Waals surface area contributed by atoms with Crippen LogP contribution in [0.25, 0.3) is 11.1 Å². The van der Waals surface area contributed by atoms with Crippen LogP contribution in [0.1, 0.15) is 63.7 Å². The summed E-state index contributed by atoms with van der Waals surface area (Å²) in [5.41, 5.74) is 1.94. The van der Waals surface area contributed by atoms with E-state index < -0.39 is 39.1 Å². The van der Waals surface area contributed by atoms with E-state index in [-0.39, 0.29) is 32.0 Å². The molecule has 182 valence electrons. The number of ether oxygens (including phenoxy) is 2. The minimum atomic E-state index is -3.92. The molecular formula is C29H12O8S. The van der Waals surface area contributed by atoms with E-state index in [9.17, 15) is 27.6 Å². The molecule has 0 saturated carbocycles. The van der Waals surface area contributed by atoms with Gasteiger partial charge in [-0.15, -0.1) is 0 Å². The minimum absolute atomic E-state index is 0.0624. The zero-order chi connectivity index (χ0) is 26.1. The zero-order valence-corrected chi connectivity index (χ0v) is 19.9. The SMILES string of the molecule is O=C1OC(=O)c2cc3c(cc21)-c1cc2c(cc1C31c3ccccc3S(=O)(=O)c3ccccc31)C(=O)OC2=O. The lowest BCUT2D eigenvalue weighted by Crippen LogP contribution is -2.36. The van der Waals surface area contributed by atoms with Gasteiger partial charge in [0.1, 0.15) is 0 Å². The van der Waals surface area contributed by atoms with Crippen molar-refractivity contribution in [3.05, 3.63) is 117 Å². The van der Waals surface area contributed by atoms with Gasteiger partial charge in [0, 0.05) is 0 Å². The van der Waals surface area contributed by atoms with Crippen LogP contribution in [0, 0.1) is 0 Å². The number of sulfone groups is 1. The van der Waals surface area contributed by atoms with Gasteiger partial charge in [0.15, 0.2) is 0 Å². The van der Waals surface area contributed by atoms with Gasteiger partial charge in [0.05, 0.1) is 37.5 Å². The lowest BCUT2D eigenvalue weighted by molar-refractivity contribution is 0.0425. The van der Waals surface area contributed by atoms with Crippen molar-refractivity contribution in [3.63, 3.8) is 0 Å². The van der Waals surface area contributed by atoms with E-state index in [0.717, 1.165) is 0 Å². The molecule has 0 unspecified atom stereocenters. The molecule has 0 radical (unpaired) electrons. The maximum absolute atomic E-state index is 13.8. The quantitative estimate of drug-likeness (QED) is 0.219. The number of carbonyl (C=O) groups excluding carboxylic acids is 4. The molecule has 4 aromatic carbocycles. The first-order valence-electron chi connectivity index (χ1n) is 11.6. The van der Waals surface area contributed by atoms with Crippen LogP contribution in [0.5, 0.6) is 0 Å². The molecule has 4 aliphatic rings. The Kier molecular flexibility index (Phi) is 3.63. The largest absolute Gasteiger partial charge is 0.386 e. The Morgan fingerprint density at radius 3 is 1.26 bits per heavy atom. The highest BCUT2D eigenvalue weighted by molar-refractivity contribution is 7.91. The van der Waals surface area contributed by atoms with Gasteiger partial charge >= 0.3 is 23.9 Å². The summed E-state index contributed by atoms with van der Waals surface area (Å²) < 4.78 is 37.3. The van der Waals surface area contributed by atoms with Crippen LogP contribution in [0.2, 0.25) is 0 Å². The van der Waals surface area contributed by atoms with Gasteiger partial charge in [-0.2, -0.15) is 0 Å². The maximum Gasteiger partial charge on any atom is 0.346 e. The number of carbonyl (C=O) groups is 4. The second kappa shape index (κ2) is 6.51. The van der Waals surface area contributed by atoms with Crippen LogP contribution in [-0.2, 0) is 24.7 Å². The normalized spacial score (nSPS) is 18.2. The van der Waals surface area contributed by atoms with E-state index >= 15 is 0 Å². The molecule has 0 fully saturated rings. The first-order chi connectivity index (χ1) is 18.2. The topological polar surface area (TPSA) is 121 Å². The van der Waals surface area contributed by atoms with Crippen molar-refractivity contribution in [1.29, 1.82) is 0 Å². The molecule has 8 nitrogen and oxygen atoms in total. The molecule has 1 spiro atoms. The number of esters is 4. The van der Waals surface area contributed by atoms with Crippen molar-refractivity contribution in [1.82, 2.24) is 0 Å². The Morgan fingerprint density at radius 1 is 0.474 bits per heavy atom. The molecule has 0 atom stereocenters. The second-order valence-electron chi connectivity index (χ2n) is 9.49. The minimum Gasteiger partial charge on any atom is -0.386 e. The summed E-state index contributed by atoms with van der Waals surface area (Å²) in [6.45, 7) is 0. The summed E-state index contributed by atoms with van der Waals surface area (Å²) in [6.07, 6.45) is 0. The van der Waals surface area contributed by atoms with Crippen molar-refractivity contribution < 1.29 is 37.1 Å². The molecule has 38 heavy (non-hydrogen) atoms. The van der Waals surface area contributed by atoms with E-state index in [1.54, 1.807) is 48.5 Å². The molecule has 3 heterocycles. The Hall–Kier alpha value is -4.89. The van der Waals surface area contributed by atoms with Gasteiger partial charge in [0.25, 0.3) is 0 Å². The summed E-state index contributed by atoms with van der Waals surface area (Å²) in [7, 11) is -3.92. The molecule has 3 aliphatic heterocycles. The first kappa shape index (κ1) is 21.2. The van der Waals surface area contributed by atoms with Crippen LogP contribution in [0.4, 0.5) is 0 Å². The predicted molar refractivity (Wildman–Crippen MR) is 129 cm³/mol. The Balaban J connectivity index is 1.63. The van der Waals surface area contributed by atoms with Gasteiger partial charge in [-0.1, -0.05) is 36.4 Å². The maximum atomic E-state index is 13.8. The average molecular weight is 520 g/mol. The predicted octanol–water partition coefficient (Wildman–Crippen LogP) is 3.82. The number of hydrogen-bond acceptors (Lipinski definition) is 8. The molecular weight excluding hydrogens is 508 g/mol. The highest BCUT2D eigenvalue weighted by atomic mass is 32.2. The number of cyclic esters (lactones) is 4. The standard InChI is InChI=1S/C29H12O8S/c30-25-15-9-13-14-10-16-18(28(33)37-26(16)31)12-22(14)29(21(13)11-17(15)27(32)36-25)19-5-1-3-7-23(19)38(34,35)24-8-4-2-6-20(24)29/h1-12H. The molecule has 0 amide bonds. The lowest BCUT2D eigenvalue weighted by atomic mass is 9.67. The Bertz CT molecular complexity index is 1880. The summed E-state index contributed by atoms with van der Waals surface area (Å²) in [5.74, 6) is -3.19. The van der Waals surface area contributed by atoms with Gasteiger partial charge in [0.2, 0.25) is 9.84 Å². The summed E-state index contributed by atoms with van der Waals surface area (Å²) in [4.78, 5) is 50.4. The fraction of sp³-hybridized carbons (Fsp3) is 0.0345. The first-order valence-corrected chi connectivity index (χ1v) is 13.1. The van der Waals surface area contributed by atoms with Crippen molar-refractivity contribution in [2.75, 3.05) is 0 Å². The van der Waals surface area contributed by atoms with Gasteiger partial charge in [-0.05, 0) is 69.8 Å². The molecule has 1 aliphatic carbocycles. The van der Waals surface area contributed by atoms with Crippen LogP contribution >= 0.6 is 0 Å². The number of fused-ring (bicyclic) bond motifs is 11. The third-order valence-electron chi connectivity index (χ3n) is 7.83. The molecule has 8 rings (SSSR count). The van der Waals surface area contributed by atoms with Crippen LogP contribution in [0.15, 0.2) is 82.6 Å². The van der Waals surface area contributed by atoms with E-state index in [4.69, 9.17) is 9.47 Å². The molecule has 0 bridgehead atoms. The van der Waals surface area contributed by atoms with E-state index in [0.29, 0.717) is 33.4 Å². The van der Waals surface area contributed by atoms with Gasteiger partial charge < -0.3 is 9.47 Å². The fourth-order valence-electron chi connectivity index (χ4n) is 6.34. The summed E-state index contributed by atoms with van der Waals surface area (Å²) in [6, 6.07) is 19.4. The third kappa shape index (κ3) is 2.20. The van der Waals surface area contributed by atoms with Crippen molar-refractivity contribution >= 4 is 33.7 Å². The van der Waals surface area contributed by atoms with Crippen LogP contribution in [-0.4, -0.2) is 32.3 Å². The molecule has 4 aromatic rings. The number of benzene rings is 4. The van der Waals surface area contributed by atoms with E-state index in [2.05, 4.69) is 0 Å². The second-order valence-corrected chi connectivity index (χ2v) is 11.4. The number of hydrogen-bond donors (Lipinski definition) is 0. The molecule has 0 N–H and O–H groups in total.